The van der Waals surface area contributed by atoms with E-state index in [1.54, 1.807) is 13.8 Å². The molecule has 0 aliphatic rings. The molecule has 0 aliphatic heterocycles. The highest BCUT2D eigenvalue weighted by Crippen LogP contribution is 2.51. The van der Waals surface area contributed by atoms with E-state index in [4.69, 9.17) is 14.2 Å². The highest BCUT2D eigenvalue weighted by Gasteiger charge is 2.30. The fraction of sp³-hybridized carbons (Fsp3) is 0.500. The zero-order valence-electron chi connectivity index (χ0n) is 11.8. The number of hydrogen-bond donors (Lipinski definition) is 1. The van der Waals surface area contributed by atoms with Crippen molar-refractivity contribution >= 4 is 13.6 Å². The lowest BCUT2D eigenvalue weighted by molar-refractivity contribution is -0.137. The van der Waals surface area contributed by atoms with Gasteiger partial charge in [0.1, 0.15) is 0 Å². The van der Waals surface area contributed by atoms with Crippen LogP contribution in [0.25, 0.3) is 0 Å². The first-order valence-corrected chi connectivity index (χ1v) is 8.38. The second kappa shape index (κ2) is 8.20. The number of rotatable bonds is 9. The van der Waals surface area contributed by atoms with E-state index in [0.717, 1.165) is 5.56 Å². The normalized spacial score (nSPS) is 13.1. The highest BCUT2D eigenvalue weighted by atomic mass is 31.2. The third kappa shape index (κ3) is 5.45. The number of carbonyl (C=O) groups is 1. The van der Waals surface area contributed by atoms with Crippen molar-refractivity contribution in [2.24, 2.45) is 0 Å². The summed E-state index contributed by atoms with van der Waals surface area (Å²) in [5, 5.41) is 9.03. The largest absolute Gasteiger partial charge is 0.481 e. The Kier molecular flexibility index (Phi) is 6.93. The molecule has 5 nitrogen and oxygen atoms in total. The summed E-state index contributed by atoms with van der Waals surface area (Å²) >= 11 is 0. The van der Waals surface area contributed by atoms with Gasteiger partial charge in [-0.15, -0.1) is 0 Å². The number of hydrogen-bond acceptors (Lipinski definition) is 4. The van der Waals surface area contributed by atoms with Crippen LogP contribution in [0.4, 0.5) is 0 Å². The summed E-state index contributed by atoms with van der Waals surface area (Å²) in [4.78, 5) is 11.0. The lowest BCUT2D eigenvalue weighted by Crippen LogP contribution is -2.13. The van der Waals surface area contributed by atoms with Gasteiger partial charge in [-0.2, -0.15) is 0 Å². The molecule has 0 radical (unpaired) electrons. The zero-order chi connectivity index (χ0) is 15.0. The van der Waals surface area contributed by atoms with Crippen molar-refractivity contribution in [1.29, 1.82) is 0 Å². The van der Waals surface area contributed by atoms with Crippen molar-refractivity contribution in [1.82, 2.24) is 0 Å². The van der Waals surface area contributed by atoms with E-state index in [1.165, 1.54) is 0 Å². The van der Waals surface area contributed by atoms with Crippen LogP contribution in [-0.4, -0.2) is 30.5 Å². The van der Waals surface area contributed by atoms with Crippen LogP contribution in [0.15, 0.2) is 30.3 Å². The second-order valence-corrected chi connectivity index (χ2v) is 6.44. The van der Waals surface area contributed by atoms with Crippen molar-refractivity contribution in [3.63, 3.8) is 0 Å². The van der Waals surface area contributed by atoms with Crippen molar-refractivity contribution in [3.05, 3.63) is 35.9 Å². The Hall–Kier alpha value is -1.16. The lowest BCUT2D eigenvalue weighted by Gasteiger charge is -2.22. The van der Waals surface area contributed by atoms with Crippen molar-refractivity contribution in [2.45, 2.75) is 26.2 Å². The summed E-state index contributed by atoms with van der Waals surface area (Å²) < 4.78 is 23.0. The maximum atomic E-state index is 12.5. The first-order chi connectivity index (χ1) is 9.50. The minimum absolute atomic E-state index is 0.0744. The van der Waals surface area contributed by atoms with Gasteiger partial charge in [0.05, 0.1) is 25.8 Å². The molecule has 1 aromatic rings. The van der Waals surface area contributed by atoms with Crippen molar-refractivity contribution in [3.8, 4) is 0 Å². The van der Waals surface area contributed by atoms with Gasteiger partial charge in [-0.1, -0.05) is 30.3 Å². The molecule has 112 valence electrons. The maximum Gasteiger partial charge on any atom is 0.331 e. The minimum Gasteiger partial charge on any atom is -0.481 e. The van der Waals surface area contributed by atoms with Gasteiger partial charge >= 0.3 is 13.6 Å². The van der Waals surface area contributed by atoms with E-state index >= 15 is 0 Å². The molecule has 0 saturated carbocycles. The van der Waals surface area contributed by atoms with Gasteiger partial charge in [0.2, 0.25) is 0 Å². The standard InChI is InChI=1S/C14H21O5P/c1-3-18-20(17,19-4-2)11-13(10-14(15)16)12-8-6-5-7-9-12/h5-9,13H,3-4,10-11H2,1-2H3,(H,15,16). The van der Waals surface area contributed by atoms with Crippen LogP contribution in [0.5, 0.6) is 0 Å². The van der Waals surface area contributed by atoms with Gasteiger partial charge in [0, 0.05) is 5.92 Å². The first-order valence-electron chi connectivity index (χ1n) is 6.65. The Bertz CT molecular complexity index is 450. The average molecular weight is 300 g/mol. The zero-order valence-corrected chi connectivity index (χ0v) is 12.7. The molecular formula is C14H21O5P. The molecule has 1 atom stereocenters. The molecule has 1 N–H and O–H groups in total. The molecule has 0 bridgehead atoms. The summed E-state index contributed by atoms with van der Waals surface area (Å²) in [5.74, 6) is -1.32. The average Bonchev–Trinajstić information content (AvgIpc) is 2.39. The van der Waals surface area contributed by atoms with Crippen LogP contribution in [0.1, 0.15) is 31.7 Å². The van der Waals surface area contributed by atoms with E-state index in [2.05, 4.69) is 0 Å². The number of carboxylic acid groups (broad SMARTS) is 1. The molecule has 20 heavy (non-hydrogen) atoms. The van der Waals surface area contributed by atoms with E-state index < -0.39 is 19.5 Å². The Morgan fingerprint density at radius 1 is 1.20 bits per heavy atom. The Morgan fingerprint density at radius 3 is 2.20 bits per heavy atom. The van der Waals surface area contributed by atoms with Crippen molar-refractivity contribution < 1.29 is 23.5 Å². The number of aliphatic carboxylic acids is 1. The molecule has 6 heteroatoms. The maximum absolute atomic E-state index is 12.5. The van der Waals surface area contributed by atoms with E-state index in [1.807, 2.05) is 30.3 Å². The summed E-state index contributed by atoms with van der Waals surface area (Å²) in [6.45, 7) is 4.01. The van der Waals surface area contributed by atoms with Gasteiger partial charge in [-0.05, 0) is 19.4 Å². The molecule has 0 heterocycles. The first kappa shape index (κ1) is 16.9. The van der Waals surface area contributed by atoms with Gasteiger partial charge in [-0.3, -0.25) is 9.36 Å². The summed E-state index contributed by atoms with van der Waals surface area (Å²) in [6.07, 6.45) is -0.0286. The van der Waals surface area contributed by atoms with E-state index in [-0.39, 0.29) is 25.8 Å². The van der Waals surface area contributed by atoms with Gasteiger partial charge in [-0.25, -0.2) is 0 Å². The molecule has 0 aliphatic carbocycles. The fourth-order valence-electron chi connectivity index (χ4n) is 2.03. The topological polar surface area (TPSA) is 72.8 Å². The molecule has 1 unspecified atom stereocenters. The van der Waals surface area contributed by atoms with E-state index in [9.17, 15) is 9.36 Å². The summed E-state index contributed by atoms with van der Waals surface area (Å²) in [7, 11) is -3.26. The van der Waals surface area contributed by atoms with Gasteiger partial charge in [0.25, 0.3) is 0 Å². The minimum atomic E-state index is -3.26. The second-order valence-electron chi connectivity index (χ2n) is 4.33. The van der Waals surface area contributed by atoms with Crippen LogP contribution in [0, 0.1) is 0 Å². The quantitative estimate of drug-likeness (QED) is 0.706. The highest BCUT2D eigenvalue weighted by molar-refractivity contribution is 7.53. The molecule has 0 aromatic heterocycles. The van der Waals surface area contributed by atoms with Crippen molar-refractivity contribution in [2.75, 3.05) is 19.4 Å². The van der Waals surface area contributed by atoms with Crippen LogP contribution in [0.2, 0.25) is 0 Å². The number of carboxylic acids is 1. The monoisotopic (exact) mass is 300 g/mol. The number of benzene rings is 1. The van der Waals surface area contributed by atoms with E-state index in [0.29, 0.717) is 0 Å². The third-order valence-corrected chi connectivity index (χ3v) is 4.98. The predicted octanol–water partition coefficient (Wildman–Crippen LogP) is 3.51. The van der Waals surface area contributed by atoms with Crippen LogP contribution >= 0.6 is 7.60 Å². The summed E-state index contributed by atoms with van der Waals surface area (Å²) in [6, 6.07) is 9.17. The smallest absolute Gasteiger partial charge is 0.331 e. The molecule has 0 saturated heterocycles. The summed E-state index contributed by atoms with van der Waals surface area (Å²) in [5.41, 5.74) is 0.828. The van der Waals surface area contributed by atoms with Gasteiger partial charge in [0.15, 0.2) is 0 Å². The third-order valence-electron chi connectivity index (χ3n) is 2.79. The van der Waals surface area contributed by atoms with Crippen LogP contribution in [-0.2, 0) is 18.4 Å². The SMILES string of the molecule is CCOP(=O)(CC(CC(=O)O)c1ccccc1)OCC. The fourth-order valence-corrected chi connectivity index (χ4v) is 3.98. The molecule has 1 rings (SSSR count). The van der Waals surface area contributed by atoms with Crippen LogP contribution < -0.4 is 0 Å². The molecule has 0 fully saturated rings. The Balaban J connectivity index is 2.93. The van der Waals surface area contributed by atoms with Gasteiger partial charge < -0.3 is 14.2 Å². The molecule has 0 amide bonds. The molecular weight excluding hydrogens is 279 g/mol. The Labute approximate surface area is 119 Å². The lowest BCUT2D eigenvalue weighted by atomic mass is 9.98. The molecule has 0 spiro atoms. The predicted molar refractivity (Wildman–Crippen MR) is 77.2 cm³/mol. The van der Waals surface area contributed by atoms with Crippen LogP contribution in [0.3, 0.4) is 0 Å². The Morgan fingerprint density at radius 2 is 1.75 bits per heavy atom. The molecule has 1 aromatic carbocycles.